The van der Waals surface area contributed by atoms with E-state index >= 15 is 0 Å². The molecule has 0 fully saturated rings. The average molecular weight is 254 g/mol. The number of urea groups is 1. The van der Waals surface area contributed by atoms with Crippen molar-refractivity contribution in [3.05, 3.63) is 53.2 Å². The summed E-state index contributed by atoms with van der Waals surface area (Å²) in [4.78, 5) is 14.6. The molecule has 1 heterocycles. The first-order valence-electron chi connectivity index (χ1n) is 5.87. The summed E-state index contributed by atoms with van der Waals surface area (Å²) in [7, 11) is 0. The minimum absolute atomic E-state index is 0.345. The minimum Gasteiger partial charge on any atom is -0.347 e. The van der Waals surface area contributed by atoms with Gasteiger partial charge in [-0.05, 0) is 18.1 Å². The van der Waals surface area contributed by atoms with E-state index in [4.69, 9.17) is 5.26 Å². The molecule has 0 saturated carbocycles. The number of benzene rings is 1. The molecule has 2 aromatic rings. The second-order valence-corrected chi connectivity index (χ2v) is 4.13. The number of hydrogen-bond acceptors (Lipinski definition) is 2. The maximum absolute atomic E-state index is 11.7. The van der Waals surface area contributed by atoms with E-state index in [1.165, 1.54) is 0 Å². The number of nitriles is 1. The molecule has 5 heteroatoms. The monoisotopic (exact) mass is 254 g/mol. The zero-order valence-corrected chi connectivity index (χ0v) is 10.5. The molecule has 1 aromatic carbocycles. The number of nitrogens with one attached hydrogen (secondary N) is 3. The van der Waals surface area contributed by atoms with Gasteiger partial charge in [0.2, 0.25) is 0 Å². The van der Waals surface area contributed by atoms with Gasteiger partial charge in [0.05, 0.1) is 5.56 Å². The van der Waals surface area contributed by atoms with Crippen LogP contribution in [0.25, 0.3) is 0 Å². The summed E-state index contributed by atoms with van der Waals surface area (Å²) in [5.74, 6) is 0.422. The molecule has 0 radical (unpaired) electrons. The topological polar surface area (TPSA) is 80.7 Å². The standard InChI is InChI=1S/C14H14N4O/c1-10-8-16-13(12(10)7-15)18-14(19)17-9-11-5-3-2-4-6-11/h2-6,8,16H,9H2,1H3,(H2,17,18,19). The number of amides is 2. The summed E-state index contributed by atoms with van der Waals surface area (Å²) in [6, 6.07) is 11.3. The minimum atomic E-state index is -0.345. The fourth-order valence-corrected chi connectivity index (χ4v) is 1.70. The van der Waals surface area contributed by atoms with Gasteiger partial charge >= 0.3 is 6.03 Å². The van der Waals surface area contributed by atoms with E-state index in [0.29, 0.717) is 17.9 Å². The van der Waals surface area contributed by atoms with Crippen LogP contribution in [-0.4, -0.2) is 11.0 Å². The largest absolute Gasteiger partial charge is 0.347 e. The number of aromatic nitrogens is 1. The quantitative estimate of drug-likeness (QED) is 0.786. The Morgan fingerprint density at radius 1 is 1.37 bits per heavy atom. The molecule has 5 nitrogen and oxygen atoms in total. The van der Waals surface area contributed by atoms with E-state index in [1.54, 1.807) is 6.20 Å². The van der Waals surface area contributed by atoms with Crippen LogP contribution in [0.5, 0.6) is 0 Å². The molecule has 96 valence electrons. The first kappa shape index (κ1) is 12.7. The van der Waals surface area contributed by atoms with Crippen LogP contribution in [0.1, 0.15) is 16.7 Å². The first-order valence-corrected chi connectivity index (χ1v) is 5.87. The third kappa shape index (κ3) is 3.13. The lowest BCUT2D eigenvalue weighted by Gasteiger charge is -2.06. The zero-order valence-electron chi connectivity index (χ0n) is 10.5. The Kier molecular flexibility index (Phi) is 3.84. The highest BCUT2D eigenvalue weighted by Gasteiger charge is 2.10. The Morgan fingerprint density at radius 3 is 2.79 bits per heavy atom. The molecule has 0 saturated heterocycles. The maximum atomic E-state index is 11.7. The molecule has 1 aromatic heterocycles. The molecule has 0 atom stereocenters. The lowest BCUT2D eigenvalue weighted by atomic mass is 10.2. The molecule has 0 aliphatic rings. The fraction of sp³-hybridized carbons (Fsp3) is 0.143. The van der Waals surface area contributed by atoms with Gasteiger partial charge in [-0.3, -0.25) is 5.32 Å². The number of nitrogens with zero attached hydrogens (tertiary/aromatic N) is 1. The number of aryl methyl sites for hydroxylation is 1. The summed E-state index contributed by atoms with van der Waals surface area (Å²) >= 11 is 0. The molecular formula is C14H14N4O. The average Bonchev–Trinajstić information content (AvgIpc) is 2.78. The molecule has 2 rings (SSSR count). The van der Waals surface area contributed by atoms with Crippen molar-refractivity contribution < 1.29 is 4.79 Å². The molecule has 0 bridgehead atoms. The third-order valence-electron chi connectivity index (χ3n) is 2.72. The Bertz CT molecular complexity index is 610. The number of carbonyl (C=O) groups excluding carboxylic acids is 1. The van der Waals surface area contributed by atoms with Crippen LogP contribution >= 0.6 is 0 Å². The van der Waals surface area contributed by atoms with Gasteiger partial charge in [0, 0.05) is 12.7 Å². The van der Waals surface area contributed by atoms with Crippen molar-refractivity contribution in [2.45, 2.75) is 13.5 Å². The second-order valence-electron chi connectivity index (χ2n) is 4.13. The number of carbonyl (C=O) groups is 1. The van der Waals surface area contributed by atoms with Crippen molar-refractivity contribution in [2.24, 2.45) is 0 Å². The Hall–Kier alpha value is -2.74. The number of anilines is 1. The van der Waals surface area contributed by atoms with Crippen molar-refractivity contribution >= 4 is 11.8 Å². The van der Waals surface area contributed by atoms with E-state index in [0.717, 1.165) is 11.1 Å². The van der Waals surface area contributed by atoms with Crippen LogP contribution in [0.4, 0.5) is 10.6 Å². The Balaban J connectivity index is 1.93. The predicted molar refractivity (Wildman–Crippen MR) is 72.5 cm³/mol. The van der Waals surface area contributed by atoms with Gasteiger partial charge in [-0.1, -0.05) is 30.3 Å². The lowest BCUT2D eigenvalue weighted by Crippen LogP contribution is -2.28. The SMILES string of the molecule is Cc1c[nH]c(NC(=O)NCc2ccccc2)c1C#N. The zero-order chi connectivity index (χ0) is 13.7. The van der Waals surface area contributed by atoms with Crippen molar-refractivity contribution in [1.82, 2.24) is 10.3 Å². The van der Waals surface area contributed by atoms with Crippen LogP contribution in [-0.2, 0) is 6.54 Å². The van der Waals surface area contributed by atoms with Gasteiger partial charge in [-0.2, -0.15) is 5.26 Å². The van der Waals surface area contributed by atoms with Crippen molar-refractivity contribution in [3.63, 3.8) is 0 Å². The van der Waals surface area contributed by atoms with E-state index in [2.05, 4.69) is 15.6 Å². The molecule has 2 amide bonds. The highest BCUT2D eigenvalue weighted by atomic mass is 16.2. The van der Waals surface area contributed by atoms with Gasteiger partial charge in [-0.15, -0.1) is 0 Å². The molecule has 3 N–H and O–H groups in total. The molecule has 0 unspecified atom stereocenters. The van der Waals surface area contributed by atoms with E-state index in [9.17, 15) is 4.79 Å². The normalized spacial score (nSPS) is 9.68. The van der Waals surface area contributed by atoms with Gasteiger partial charge in [0.25, 0.3) is 0 Å². The molecule has 19 heavy (non-hydrogen) atoms. The number of H-pyrrole nitrogens is 1. The lowest BCUT2D eigenvalue weighted by molar-refractivity contribution is 0.251. The van der Waals surface area contributed by atoms with E-state index in [-0.39, 0.29) is 6.03 Å². The fourth-order valence-electron chi connectivity index (χ4n) is 1.70. The highest BCUT2D eigenvalue weighted by Crippen LogP contribution is 2.16. The summed E-state index contributed by atoms with van der Waals surface area (Å²) in [6.07, 6.45) is 1.69. The summed E-state index contributed by atoms with van der Waals surface area (Å²) in [6.45, 7) is 2.25. The summed E-state index contributed by atoms with van der Waals surface area (Å²) in [5.41, 5.74) is 2.27. The van der Waals surface area contributed by atoms with Crippen LogP contribution in [0.15, 0.2) is 36.5 Å². The number of rotatable bonds is 3. The van der Waals surface area contributed by atoms with Gasteiger partial charge in [0.1, 0.15) is 11.9 Å². The van der Waals surface area contributed by atoms with Gasteiger partial charge in [0.15, 0.2) is 0 Å². The van der Waals surface area contributed by atoms with Crippen LogP contribution in [0, 0.1) is 18.3 Å². The summed E-state index contributed by atoms with van der Waals surface area (Å²) in [5, 5.41) is 14.3. The predicted octanol–water partition coefficient (Wildman–Crippen LogP) is 2.52. The second kappa shape index (κ2) is 5.74. The molecule has 0 aliphatic carbocycles. The molecular weight excluding hydrogens is 240 g/mol. The van der Waals surface area contributed by atoms with Crippen LogP contribution in [0.2, 0.25) is 0 Å². The van der Waals surface area contributed by atoms with Crippen LogP contribution in [0.3, 0.4) is 0 Å². The van der Waals surface area contributed by atoms with Gasteiger partial charge in [-0.25, -0.2) is 4.79 Å². The van der Waals surface area contributed by atoms with Gasteiger partial charge < -0.3 is 10.3 Å². The number of aromatic amines is 1. The Labute approximate surface area is 111 Å². The Morgan fingerprint density at radius 2 is 2.11 bits per heavy atom. The van der Waals surface area contributed by atoms with E-state index in [1.807, 2.05) is 43.3 Å². The van der Waals surface area contributed by atoms with E-state index < -0.39 is 0 Å². The molecule has 0 aliphatic heterocycles. The molecule has 0 spiro atoms. The highest BCUT2D eigenvalue weighted by molar-refractivity contribution is 5.89. The summed E-state index contributed by atoms with van der Waals surface area (Å²) < 4.78 is 0. The number of hydrogen-bond donors (Lipinski definition) is 3. The van der Waals surface area contributed by atoms with Crippen molar-refractivity contribution in [2.75, 3.05) is 5.32 Å². The van der Waals surface area contributed by atoms with Crippen LogP contribution < -0.4 is 10.6 Å². The van der Waals surface area contributed by atoms with Crippen molar-refractivity contribution in [1.29, 1.82) is 5.26 Å². The first-order chi connectivity index (χ1) is 9.20. The smallest absolute Gasteiger partial charge is 0.320 e. The third-order valence-corrected chi connectivity index (χ3v) is 2.72. The van der Waals surface area contributed by atoms with Crippen molar-refractivity contribution in [3.8, 4) is 6.07 Å². The maximum Gasteiger partial charge on any atom is 0.320 e.